The van der Waals surface area contributed by atoms with Crippen LogP contribution in [0.1, 0.15) is 37.8 Å². The molecule has 1 unspecified atom stereocenters. The molecular formula is C19H32N4. The van der Waals surface area contributed by atoms with Gasteiger partial charge < -0.3 is 10.6 Å². The molecule has 0 aliphatic carbocycles. The number of hydrogen-bond acceptors (Lipinski definition) is 2. The van der Waals surface area contributed by atoms with Gasteiger partial charge in [0.2, 0.25) is 0 Å². The van der Waals surface area contributed by atoms with Crippen LogP contribution in [-0.2, 0) is 6.42 Å². The van der Waals surface area contributed by atoms with E-state index in [2.05, 4.69) is 60.6 Å². The van der Waals surface area contributed by atoms with Crippen molar-refractivity contribution in [3.63, 3.8) is 0 Å². The first-order valence-corrected chi connectivity index (χ1v) is 9.04. The molecule has 1 aliphatic rings. The Kier molecular flexibility index (Phi) is 7.40. The first kappa shape index (κ1) is 17.8. The van der Waals surface area contributed by atoms with E-state index in [1.165, 1.54) is 30.5 Å². The summed E-state index contributed by atoms with van der Waals surface area (Å²) in [7, 11) is 0. The SMILES string of the molecule is CCNC(=NCC1CCCN1CC)NCCc1ccc(C)cc1. The van der Waals surface area contributed by atoms with Crippen LogP contribution in [0.15, 0.2) is 29.3 Å². The second-order valence-corrected chi connectivity index (χ2v) is 6.31. The van der Waals surface area contributed by atoms with Crippen molar-refractivity contribution in [2.45, 2.75) is 46.1 Å². The Morgan fingerprint density at radius 3 is 2.70 bits per heavy atom. The molecule has 0 aromatic heterocycles. The first-order chi connectivity index (χ1) is 11.2. The van der Waals surface area contributed by atoms with E-state index < -0.39 is 0 Å². The lowest BCUT2D eigenvalue weighted by molar-refractivity contribution is 0.273. The van der Waals surface area contributed by atoms with Crippen LogP contribution >= 0.6 is 0 Å². The molecule has 4 nitrogen and oxygen atoms in total. The van der Waals surface area contributed by atoms with Crippen molar-refractivity contribution < 1.29 is 0 Å². The average Bonchev–Trinajstić information content (AvgIpc) is 3.02. The van der Waals surface area contributed by atoms with Crippen molar-refractivity contribution in [1.82, 2.24) is 15.5 Å². The number of guanidine groups is 1. The highest BCUT2D eigenvalue weighted by Gasteiger charge is 2.22. The summed E-state index contributed by atoms with van der Waals surface area (Å²) >= 11 is 0. The summed E-state index contributed by atoms with van der Waals surface area (Å²) in [6.45, 7) is 11.6. The average molecular weight is 316 g/mol. The number of likely N-dealkylation sites (N-methyl/N-ethyl adjacent to an activating group) is 1. The van der Waals surface area contributed by atoms with E-state index in [0.29, 0.717) is 6.04 Å². The van der Waals surface area contributed by atoms with E-state index in [1.807, 2.05) is 0 Å². The number of nitrogens with one attached hydrogen (secondary N) is 2. The minimum atomic E-state index is 0.618. The van der Waals surface area contributed by atoms with Crippen LogP contribution in [-0.4, -0.2) is 49.6 Å². The van der Waals surface area contributed by atoms with Crippen molar-refractivity contribution in [3.05, 3.63) is 35.4 Å². The molecule has 1 aromatic carbocycles. The summed E-state index contributed by atoms with van der Waals surface area (Å²) in [5.74, 6) is 0.947. The van der Waals surface area contributed by atoms with E-state index >= 15 is 0 Å². The van der Waals surface area contributed by atoms with Gasteiger partial charge in [0.15, 0.2) is 5.96 Å². The highest BCUT2D eigenvalue weighted by molar-refractivity contribution is 5.79. The van der Waals surface area contributed by atoms with Crippen LogP contribution in [0, 0.1) is 6.92 Å². The smallest absolute Gasteiger partial charge is 0.191 e. The highest BCUT2D eigenvalue weighted by Crippen LogP contribution is 2.16. The van der Waals surface area contributed by atoms with E-state index in [-0.39, 0.29) is 0 Å². The molecular weight excluding hydrogens is 284 g/mol. The largest absolute Gasteiger partial charge is 0.357 e. The van der Waals surface area contributed by atoms with Crippen molar-refractivity contribution in [1.29, 1.82) is 0 Å². The predicted molar refractivity (Wildman–Crippen MR) is 99.1 cm³/mol. The number of nitrogens with zero attached hydrogens (tertiary/aromatic N) is 2. The standard InChI is InChI=1S/C19H32N4/c1-4-20-19(22-15-18-7-6-14-23(18)5-2)21-13-12-17-10-8-16(3)9-11-17/h8-11,18H,4-7,12-15H2,1-3H3,(H2,20,21,22). The maximum atomic E-state index is 4.79. The molecule has 4 heteroatoms. The Morgan fingerprint density at radius 2 is 2.00 bits per heavy atom. The Labute approximate surface area is 141 Å². The summed E-state index contributed by atoms with van der Waals surface area (Å²) in [5.41, 5.74) is 2.68. The minimum Gasteiger partial charge on any atom is -0.357 e. The maximum absolute atomic E-state index is 4.79. The van der Waals surface area contributed by atoms with E-state index in [4.69, 9.17) is 4.99 Å². The van der Waals surface area contributed by atoms with Gasteiger partial charge in [0.05, 0.1) is 6.54 Å². The molecule has 2 N–H and O–H groups in total. The molecule has 0 radical (unpaired) electrons. The van der Waals surface area contributed by atoms with Crippen molar-refractivity contribution in [2.24, 2.45) is 4.99 Å². The second kappa shape index (κ2) is 9.56. The van der Waals surface area contributed by atoms with E-state index in [1.54, 1.807) is 0 Å². The van der Waals surface area contributed by atoms with Gasteiger partial charge in [-0.25, -0.2) is 0 Å². The predicted octanol–water partition coefficient (Wildman–Crippen LogP) is 2.58. The Bertz CT molecular complexity index is 481. The van der Waals surface area contributed by atoms with Crippen LogP contribution in [0.4, 0.5) is 0 Å². The van der Waals surface area contributed by atoms with Crippen molar-refractivity contribution in [3.8, 4) is 0 Å². The summed E-state index contributed by atoms with van der Waals surface area (Å²) in [5, 5.41) is 6.82. The third-order valence-corrected chi connectivity index (χ3v) is 4.54. The lowest BCUT2D eigenvalue weighted by Gasteiger charge is -2.21. The molecule has 1 aromatic rings. The highest BCUT2D eigenvalue weighted by atomic mass is 15.2. The fraction of sp³-hybridized carbons (Fsp3) is 0.632. The molecule has 0 bridgehead atoms. The Morgan fingerprint density at radius 1 is 1.22 bits per heavy atom. The molecule has 0 spiro atoms. The Balaban J connectivity index is 1.80. The molecule has 1 saturated heterocycles. The minimum absolute atomic E-state index is 0.618. The second-order valence-electron chi connectivity index (χ2n) is 6.31. The lowest BCUT2D eigenvalue weighted by Crippen LogP contribution is -2.40. The zero-order chi connectivity index (χ0) is 16.5. The summed E-state index contributed by atoms with van der Waals surface area (Å²) in [6, 6.07) is 9.38. The van der Waals surface area contributed by atoms with Crippen molar-refractivity contribution >= 4 is 5.96 Å². The number of aryl methyl sites for hydroxylation is 1. The van der Waals surface area contributed by atoms with Gasteiger partial charge in [-0.15, -0.1) is 0 Å². The number of aliphatic imine (C=N–C) groups is 1. The lowest BCUT2D eigenvalue weighted by atomic mass is 10.1. The molecule has 128 valence electrons. The zero-order valence-electron chi connectivity index (χ0n) is 14.9. The van der Waals surface area contributed by atoms with Crippen molar-refractivity contribution in [2.75, 3.05) is 32.7 Å². The fourth-order valence-electron chi connectivity index (χ4n) is 3.14. The van der Waals surface area contributed by atoms with E-state index in [9.17, 15) is 0 Å². The van der Waals surface area contributed by atoms with Gasteiger partial charge in [-0.2, -0.15) is 0 Å². The number of benzene rings is 1. The third kappa shape index (κ3) is 5.87. The van der Waals surface area contributed by atoms with Crippen LogP contribution in [0.5, 0.6) is 0 Å². The molecule has 1 heterocycles. The number of likely N-dealkylation sites (tertiary alicyclic amines) is 1. The van der Waals surface area contributed by atoms with Crippen LogP contribution in [0.25, 0.3) is 0 Å². The van der Waals surface area contributed by atoms with Crippen LogP contribution in [0.2, 0.25) is 0 Å². The monoisotopic (exact) mass is 316 g/mol. The number of rotatable bonds is 7. The topological polar surface area (TPSA) is 39.7 Å². The van der Waals surface area contributed by atoms with Gasteiger partial charge in [-0.3, -0.25) is 9.89 Å². The van der Waals surface area contributed by atoms with Crippen LogP contribution in [0.3, 0.4) is 0 Å². The van der Waals surface area contributed by atoms with Gasteiger partial charge in [0, 0.05) is 19.1 Å². The summed E-state index contributed by atoms with van der Waals surface area (Å²) in [4.78, 5) is 7.33. The van der Waals surface area contributed by atoms with Gasteiger partial charge in [-0.05, 0) is 51.8 Å². The molecule has 2 rings (SSSR count). The van der Waals surface area contributed by atoms with Gasteiger partial charge in [0.1, 0.15) is 0 Å². The van der Waals surface area contributed by atoms with Gasteiger partial charge in [0.25, 0.3) is 0 Å². The molecule has 0 amide bonds. The molecule has 0 saturated carbocycles. The molecule has 1 fully saturated rings. The first-order valence-electron chi connectivity index (χ1n) is 9.04. The molecule has 1 aliphatic heterocycles. The third-order valence-electron chi connectivity index (χ3n) is 4.54. The fourth-order valence-corrected chi connectivity index (χ4v) is 3.14. The van der Waals surface area contributed by atoms with E-state index in [0.717, 1.165) is 38.6 Å². The zero-order valence-corrected chi connectivity index (χ0v) is 14.9. The Hall–Kier alpha value is -1.55. The summed E-state index contributed by atoms with van der Waals surface area (Å²) in [6.07, 6.45) is 3.61. The maximum Gasteiger partial charge on any atom is 0.191 e. The molecule has 1 atom stereocenters. The normalized spacial score (nSPS) is 19.1. The number of hydrogen-bond donors (Lipinski definition) is 2. The van der Waals surface area contributed by atoms with Crippen LogP contribution < -0.4 is 10.6 Å². The van der Waals surface area contributed by atoms with Gasteiger partial charge in [-0.1, -0.05) is 36.8 Å². The quantitative estimate of drug-likeness (QED) is 0.600. The van der Waals surface area contributed by atoms with Gasteiger partial charge >= 0.3 is 0 Å². The summed E-state index contributed by atoms with van der Waals surface area (Å²) < 4.78 is 0. The molecule has 23 heavy (non-hydrogen) atoms.